The lowest BCUT2D eigenvalue weighted by atomic mass is 9.99. The Kier molecular flexibility index (Phi) is 2.97. The highest BCUT2D eigenvalue weighted by molar-refractivity contribution is 5.21. The molecule has 2 saturated carbocycles. The number of piperidine rings is 1. The maximum Gasteiger partial charge on any atom is 0.0847 e. The molecule has 0 spiro atoms. The van der Waals surface area contributed by atoms with E-state index in [9.17, 15) is 10.2 Å². The van der Waals surface area contributed by atoms with Crippen molar-refractivity contribution in [2.45, 2.75) is 56.4 Å². The fraction of sp³-hybridized carbons (Fsp3) is 0.667. The van der Waals surface area contributed by atoms with E-state index in [0.717, 1.165) is 38.8 Å². The quantitative estimate of drug-likeness (QED) is 0.872. The number of aliphatic hydroxyl groups is 2. The molecule has 3 fully saturated rings. The Morgan fingerprint density at radius 1 is 1.19 bits per heavy atom. The normalized spacial score (nSPS) is 44.6. The number of fused-ring (bicyclic) bond motifs is 1. The van der Waals surface area contributed by atoms with Crippen molar-refractivity contribution in [1.29, 1.82) is 0 Å². The van der Waals surface area contributed by atoms with Gasteiger partial charge in [0, 0.05) is 25.0 Å². The van der Waals surface area contributed by atoms with E-state index in [-0.39, 0.29) is 6.04 Å². The van der Waals surface area contributed by atoms with Gasteiger partial charge >= 0.3 is 0 Å². The van der Waals surface area contributed by atoms with Crippen LogP contribution in [0.25, 0.3) is 0 Å². The predicted molar refractivity (Wildman–Crippen MR) is 81.7 cm³/mol. The molecule has 4 rings (SSSR count). The van der Waals surface area contributed by atoms with Crippen LogP contribution in [0.3, 0.4) is 0 Å². The second kappa shape index (κ2) is 4.55. The number of hydrogen-bond acceptors (Lipinski definition) is 3. The van der Waals surface area contributed by atoms with Crippen molar-refractivity contribution in [3.05, 3.63) is 35.9 Å². The van der Waals surface area contributed by atoms with Gasteiger partial charge in [-0.1, -0.05) is 37.3 Å². The number of hydrogen-bond donors (Lipinski definition) is 2. The van der Waals surface area contributed by atoms with Gasteiger partial charge in [0.15, 0.2) is 0 Å². The Bertz CT molecular complexity index is 533. The number of nitrogens with zero attached hydrogens (tertiary/aromatic N) is 1. The van der Waals surface area contributed by atoms with Crippen LogP contribution in [0.5, 0.6) is 0 Å². The van der Waals surface area contributed by atoms with Gasteiger partial charge in [-0.25, -0.2) is 0 Å². The molecule has 5 atom stereocenters. The highest BCUT2D eigenvalue weighted by Crippen LogP contribution is 2.56. The standard InChI is InChI=1S/C18H25NO2/c1-13-9-17(13,20)8-7-16-18(21)10-15(18)12-19(16)11-14-5-3-2-4-6-14/h2-6,13,15-16,20-21H,7-12H2,1H3/t13?,15?,16-,17?,18-/m0/s1. The van der Waals surface area contributed by atoms with Crippen LogP contribution in [0.1, 0.15) is 38.2 Å². The first-order valence-corrected chi connectivity index (χ1v) is 8.24. The van der Waals surface area contributed by atoms with E-state index in [4.69, 9.17) is 0 Å². The summed E-state index contributed by atoms with van der Waals surface area (Å²) < 4.78 is 0. The fourth-order valence-electron chi connectivity index (χ4n) is 4.32. The molecule has 0 amide bonds. The van der Waals surface area contributed by atoms with Gasteiger partial charge in [0.2, 0.25) is 0 Å². The van der Waals surface area contributed by atoms with Crippen molar-refractivity contribution < 1.29 is 10.2 Å². The highest BCUT2D eigenvalue weighted by Gasteiger charge is 2.65. The van der Waals surface area contributed by atoms with Crippen molar-refractivity contribution >= 4 is 0 Å². The number of benzene rings is 1. The minimum absolute atomic E-state index is 0.222. The zero-order chi connectivity index (χ0) is 14.7. The van der Waals surface area contributed by atoms with Crippen LogP contribution in [0.4, 0.5) is 0 Å². The van der Waals surface area contributed by atoms with Crippen molar-refractivity contribution in [3.8, 4) is 0 Å². The molecular weight excluding hydrogens is 262 g/mol. The lowest BCUT2D eigenvalue weighted by Gasteiger charge is -2.30. The van der Waals surface area contributed by atoms with E-state index in [1.165, 1.54) is 5.56 Å². The fourth-order valence-corrected chi connectivity index (χ4v) is 4.32. The van der Waals surface area contributed by atoms with E-state index in [1.54, 1.807) is 0 Å². The summed E-state index contributed by atoms with van der Waals surface area (Å²) in [4.78, 5) is 2.43. The van der Waals surface area contributed by atoms with Gasteiger partial charge in [0.1, 0.15) is 0 Å². The first-order chi connectivity index (χ1) is 10.0. The number of rotatable bonds is 5. The smallest absolute Gasteiger partial charge is 0.0847 e. The lowest BCUT2D eigenvalue weighted by Crippen LogP contribution is -2.40. The van der Waals surface area contributed by atoms with Gasteiger partial charge in [0.05, 0.1) is 11.2 Å². The van der Waals surface area contributed by atoms with Crippen LogP contribution >= 0.6 is 0 Å². The molecule has 1 saturated heterocycles. The van der Waals surface area contributed by atoms with E-state index in [2.05, 4.69) is 36.1 Å². The first-order valence-electron chi connectivity index (χ1n) is 8.24. The Balaban J connectivity index is 1.44. The summed E-state index contributed by atoms with van der Waals surface area (Å²) in [5.74, 6) is 0.892. The monoisotopic (exact) mass is 287 g/mol. The minimum atomic E-state index is -0.469. The van der Waals surface area contributed by atoms with Gasteiger partial charge in [-0.2, -0.15) is 0 Å². The first kappa shape index (κ1) is 13.7. The summed E-state index contributed by atoms with van der Waals surface area (Å²) in [6.45, 7) is 4.04. The molecular formula is C18H25NO2. The second-order valence-electron chi connectivity index (χ2n) is 7.57. The molecule has 21 heavy (non-hydrogen) atoms. The van der Waals surface area contributed by atoms with Gasteiger partial charge in [-0.3, -0.25) is 4.90 Å². The summed E-state index contributed by atoms with van der Waals surface area (Å²) in [6.07, 6.45) is 3.64. The summed E-state index contributed by atoms with van der Waals surface area (Å²) in [6, 6.07) is 10.7. The molecule has 0 radical (unpaired) electrons. The maximum absolute atomic E-state index is 10.7. The summed E-state index contributed by atoms with van der Waals surface area (Å²) in [7, 11) is 0. The average molecular weight is 287 g/mol. The molecule has 1 aromatic rings. The third-order valence-corrected chi connectivity index (χ3v) is 6.09. The molecule has 3 nitrogen and oxygen atoms in total. The number of likely N-dealkylation sites (tertiary alicyclic amines) is 1. The van der Waals surface area contributed by atoms with Crippen molar-refractivity contribution in [2.75, 3.05) is 6.54 Å². The Hall–Kier alpha value is -0.900. The van der Waals surface area contributed by atoms with Crippen LogP contribution < -0.4 is 0 Å². The third kappa shape index (κ3) is 2.32. The maximum atomic E-state index is 10.7. The molecule has 114 valence electrons. The van der Waals surface area contributed by atoms with Crippen LogP contribution in [0, 0.1) is 11.8 Å². The molecule has 2 N–H and O–H groups in total. The van der Waals surface area contributed by atoms with Gasteiger partial charge in [-0.05, 0) is 37.2 Å². The van der Waals surface area contributed by atoms with E-state index >= 15 is 0 Å². The van der Waals surface area contributed by atoms with E-state index in [1.807, 2.05) is 6.07 Å². The molecule has 2 aliphatic carbocycles. The molecule has 1 aromatic carbocycles. The largest absolute Gasteiger partial charge is 0.390 e. The third-order valence-electron chi connectivity index (χ3n) is 6.09. The molecule has 0 aromatic heterocycles. The lowest BCUT2D eigenvalue weighted by molar-refractivity contribution is 0.0419. The SMILES string of the molecule is CC1CC1(O)CC[C@@H]1N(Cc2ccccc2)CC2C[C@]21O. The molecule has 3 aliphatic rings. The summed E-state index contributed by atoms with van der Waals surface area (Å²) >= 11 is 0. The van der Waals surface area contributed by atoms with Crippen LogP contribution in [-0.2, 0) is 6.54 Å². The zero-order valence-electron chi connectivity index (χ0n) is 12.7. The topological polar surface area (TPSA) is 43.7 Å². The summed E-state index contributed by atoms with van der Waals surface area (Å²) in [5, 5.41) is 21.1. The Morgan fingerprint density at radius 3 is 2.57 bits per heavy atom. The molecule has 3 heteroatoms. The molecule has 1 heterocycles. The van der Waals surface area contributed by atoms with Gasteiger partial charge in [0.25, 0.3) is 0 Å². The predicted octanol–water partition coefficient (Wildman–Crippen LogP) is 2.17. The minimum Gasteiger partial charge on any atom is -0.390 e. The second-order valence-corrected chi connectivity index (χ2v) is 7.57. The molecule has 1 aliphatic heterocycles. The van der Waals surface area contributed by atoms with Crippen molar-refractivity contribution in [3.63, 3.8) is 0 Å². The molecule has 0 bridgehead atoms. The summed E-state index contributed by atoms with van der Waals surface area (Å²) in [5.41, 5.74) is 0.399. The molecule has 3 unspecified atom stereocenters. The van der Waals surface area contributed by atoms with Crippen LogP contribution in [0.2, 0.25) is 0 Å². The highest BCUT2D eigenvalue weighted by atomic mass is 16.3. The zero-order valence-corrected chi connectivity index (χ0v) is 12.7. The van der Waals surface area contributed by atoms with Crippen LogP contribution in [0.15, 0.2) is 30.3 Å². The Labute approximate surface area is 126 Å². The average Bonchev–Trinajstić information content (AvgIpc) is 3.25. The Morgan fingerprint density at radius 2 is 1.90 bits per heavy atom. The van der Waals surface area contributed by atoms with Gasteiger partial charge in [-0.15, -0.1) is 0 Å². The van der Waals surface area contributed by atoms with Crippen LogP contribution in [-0.4, -0.2) is 38.9 Å². The van der Waals surface area contributed by atoms with E-state index in [0.29, 0.717) is 11.8 Å². The van der Waals surface area contributed by atoms with E-state index < -0.39 is 11.2 Å². The van der Waals surface area contributed by atoms with Crippen molar-refractivity contribution in [1.82, 2.24) is 4.90 Å². The van der Waals surface area contributed by atoms with Gasteiger partial charge < -0.3 is 10.2 Å². The van der Waals surface area contributed by atoms with Crippen molar-refractivity contribution in [2.24, 2.45) is 11.8 Å².